The summed E-state index contributed by atoms with van der Waals surface area (Å²) in [6.45, 7) is 1.31. The van der Waals surface area contributed by atoms with E-state index < -0.39 is 5.82 Å². The van der Waals surface area contributed by atoms with Crippen molar-refractivity contribution in [3.05, 3.63) is 24.0 Å². The first-order valence-electron chi connectivity index (χ1n) is 4.08. The Morgan fingerprint density at radius 2 is 2.23 bits per heavy atom. The minimum absolute atomic E-state index is 0.268. The fraction of sp³-hybridized carbons (Fsp3) is 0.333. The molecule has 3 nitrogen and oxygen atoms in total. The Labute approximate surface area is 75.1 Å². The molecule has 1 aliphatic heterocycles. The number of nitrogens with one attached hydrogen (secondary N) is 1. The quantitative estimate of drug-likeness (QED) is 0.680. The average Bonchev–Trinajstić information content (AvgIpc) is 2.04. The van der Waals surface area contributed by atoms with Crippen LogP contribution in [0.1, 0.15) is 0 Å². The molecule has 13 heavy (non-hydrogen) atoms. The maximum Gasteiger partial charge on any atom is 0.166 e. The van der Waals surface area contributed by atoms with Crippen molar-refractivity contribution in [2.75, 3.05) is 18.5 Å². The van der Waals surface area contributed by atoms with E-state index >= 15 is 0 Å². The van der Waals surface area contributed by atoms with E-state index in [4.69, 9.17) is 9.84 Å². The first kappa shape index (κ1) is 8.31. The highest BCUT2D eigenvalue weighted by molar-refractivity contribution is 5.47. The molecule has 70 valence electrons. The van der Waals surface area contributed by atoms with E-state index in [1.807, 2.05) is 0 Å². The van der Waals surface area contributed by atoms with Gasteiger partial charge in [0.15, 0.2) is 11.6 Å². The average molecular weight is 183 g/mol. The molecule has 2 N–H and O–H groups in total. The minimum atomic E-state index is -0.606. The lowest BCUT2D eigenvalue weighted by Gasteiger charge is -2.27. The lowest BCUT2D eigenvalue weighted by atomic mass is 10.2. The number of anilines is 1. The maximum absolute atomic E-state index is 12.8. The van der Waals surface area contributed by atoms with Crippen molar-refractivity contribution in [1.29, 1.82) is 0 Å². The van der Waals surface area contributed by atoms with Crippen LogP contribution in [0.2, 0.25) is 0 Å². The molecule has 1 aromatic rings. The molecule has 2 rings (SSSR count). The number of benzene rings is 1. The third-order valence-electron chi connectivity index (χ3n) is 1.96. The van der Waals surface area contributed by atoms with Gasteiger partial charge in [0.1, 0.15) is 0 Å². The van der Waals surface area contributed by atoms with E-state index in [2.05, 4.69) is 5.32 Å². The zero-order chi connectivity index (χ0) is 9.26. The Hall–Kier alpha value is -1.29. The van der Waals surface area contributed by atoms with Crippen molar-refractivity contribution >= 4 is 5.69 Å². The number of phenolic OH excluding ortho intramolecular Hbond substituents is 1. The summed E-state index contributed by atoms with van der Waals surface area (Å²) < 4.78 is 17.8. The second-order valence-electron chi connectivity index (χ2n) is 3.04. The minimum Gasteiger partial charge on any atom is -0.505 e. The van der Waals surface area contributed by atoms with Crippen LogP contribution in [0.5, 0.6) is 5.75 Å². The van der Waals surface area contributed by atoms with E-state index in [0.717, 1.165) is 0 Å². The highest BCUT2D eigenvalue weighted by Gasteiger charge is 2.17. The van der Waals surface area contributed by atoms with Crippen LogP contribution in [0.4, 0.5) is 10.1 Å². The van der Waals surface area contributed by atoms with Gasteiger partial charge in [0.25, 0.3) is 0 Å². The van der Waals surface area contributed by atoms with Crippen molar-refractivity contribution in [2.24, 2.45) is 0 Å². The van der Waals surface area contributed by atoms with Crippen LogP contribution in [-0.2, 0) is 4.74 Å². The second-order valence-corrected chi connectivity index (χ2v) is 3.04. The molecular formula is C9H10FNO2. The molecular weight excluding hydrogens is 173 g/mol. The maximum atomic E-state index is 12.8. The Bertz CT molecular complexity index is 312. The summed E-state index contributed by atoms with van der Waals surface area (Å²) in [7, 11) is 0. The number of aromatic hydroxyl groups is 1. The number of halogens is 1. The first-order valence-corrected chi connectivity index (χ1v) is 4.08. The Balaban J connectivity index is 2.07. The van der Waals surface area contributed by atoms with Gasteiger partial charge in [-0.25, -0.2) is 4.39 Å². The number of hydrogen-bond acceptors (Lipinski definition) is 3. The van der Waals surface area contributed by atoms with Crippen LogP contribution in [0.25, 0.3) is 0 Å². The van der Waals surface area contributed by atoms with Crippen molar-refractivity contribution in [3.8, 4) is 5.75 Å². The smallest absolute Gasteiger partial charge is 0.166 e. The summed E-state index contributed by atoms with van der Waals surface area (Å²) in [4.78, 5) is 0. The van der Waals surface area contributed by atoms with Gasteiger partial charge in [0.05, 0.1) is 19.3 Å². The van der Waals surface area contributed by atoms with Gasteiger partial charge in [0.2, 0.25) is 0 Å². The number of phenols is 1. The summed E-state index contributed by atoms with van der Waals surface area (Å²) in [5.41, 5.74) is 0.670. The lowest BCUT2D eigenvalue weighted by Crippen LogP contribution is -2.40. The van der Waals surface area contributed by atoms with Crippen molar-refractivity contribution < 1.29 is 14.2 Å². The molecule has 0 amide bonds. The molecule has 0 atom stereocenters. The predicted molar refractivity (Wildman–Crippen MR) is 46.3 cm³/mol. The third-order valence-corrected chi connectivity index (χ3v) is 1.96. The monoisotopic (exact) mass is 183 g/mol. The molecule has 1 heterocycles. The van der Waals surface area contributed by atoms with E-state index in [1.165, 1.54) is 12.1 Å². The van der Waals surface area contributed by atoms with Crippen molar-refractivity contribution in [2.45, 2.75) is 6.04 Å². The molecule has 1 saturated heterocycles. The van der Waals surface area contributed by atoms with Gasteiger partial charge in [0, 0.05) is 11.8 Å². The summed E-state index contributed by atoms with van der Waals surface area (Å²) in [6, 6.07) is 4.51. The second kappa shape index (κ2) is 3.22. The molecule has 0 spiro atoms. The van der Waals surface area contributed by atoms with Gasteiger partial charge in [-0.1, -0.05) is 0 Å². The van der Waals surface area contributed by atoms with Gasteiger partial charge < -0.3 is 15.2 Å². The van der Waals surface area contributed by atoms with Gasteiger partial charge in [-0.2, -0.15) is 0 Å². The Morgan fingerprint density at radius 3 is 2.77 bits per heavy atom. The largest absolute Gasteiger partial charge is 0.505 e. The predicted octanol–water partition coefficient (Wildman–Crippen LogP) is 1.34. The van der Waals surface area contributed by atoms with E-state index in [9.17, 15) is 4.39 Å². The van der Waals surface area contributed by atoms with Gasteiger partial charge in [-0.15, -0.1) is 0 Å². The standard InChI is InChI=1S/C9H10FNO2/c10-8-3-6(1-2-9(8)12)11-7-4-13-5-7/h1-3,7,11-12H,4-5H2. The Morgan fingerprint density at radius 1 is 1.46 bits per heavy atom. The molecule has 0 saturated carbocycles. The summed E-state index contributed by atoms with van der Waals surface area (Å²) in [5.74, 6) is -0.930. The van der Waals surface area contributed by atoms with Crippen LogP contribution in [-0.4, -0.2) is 24.4 Å². The van der Waals surface area contributed by atoms with Crippen LogP contribution < -0.4 is 5.32 Å². The van der Waals surface area contributed by atoms with Gasteiger partial charge in [-0.3, -0.25) is 0 Å². The number of ether oxygens (including phenoxy) is 1. The van der Waals surface area contributed by atoms with Crippen molar-refractivity contribution in [3.63, 3.8) is 0 Å². The zero-order valence-corrected chi connectivity index (χ0v) is 6.96. The van der Waals surface area contributed by atoms with Crippen molar-refractivity contribution in [1.82, 2.24) is 0 Å². The lowest BCUT2D eigenvalue weighted by molar-refractivity contribution is 0.0211. The van der Waals surface area contributed by atoms with Gasteiger partial charge >= 0.3 is 0 Å². The van der Waals surface area contributed by atoms with Crippen LogP contribution in [0.3, 0.4) is 0 Å². The van der Waals surface area contributed by atoms with E-state index in [1.54, 1.807) is 6.07 Å². The first-order chi connectivity index (χ1) is 6.25. The summed E-state index contributed by atoms with van der Waals surface area (Å²) >= 11 is 0. The summed E-state index contributed by atoms with van der Waals surface area (Å²) in [5, 5.41) is 12.0. The molecule has 0 bridgehead atoms. The highest BCUT2D eigenvalue weighted by atomic mass is 19.1. The molecule has 1 fully saturated rings. The number of hydrogen-bond donors (Lipinski definition) is 2. The molecule has 1 aliphatic rings. The fourth-order valence-electron chi connectivity index (χ4n) is 1.15. The fourth-order valence-corrected chi connectivity index (χ4v) is 1.15. The normalized spacial score (nSPS) is 16.7. The van der Waals surface area contributed by atoms with E-state index in [-0.39, 0.29) is 11.8 Å². The molecule has 0 radical (unpaired) electrons. The molecule has 0 unspecified atom stereocenters. The third kappa shape index (κ3) is 1.72. The highest BCUT2D eigenvalue weighted by Crippen LogP contribution is 2.20. The Kier molecular flexibility index (Phi) is 2.06. The number of rotatable bonds is 2. The SMILES string of the molecule is Oc1ccc(NC2COC2)cc1F. The zero-order valence-electron chi connectivity index (χ0n) is 6.96. The molecule has 0 aromatic heterocycles. The topological polar surface area (TPSA) is 41.5 Å². The van der Waals surface area contributed by atoms with Crippen LogP contribution in [0, 0.1) is 5.82 Å². The van der Waals surface area contributed by atoms with E-state index in [0.29, 0.717) is 18.9 Å². The molecule has 4 heteroatoms. The van der Waals surface area contributed by atoms with Crippen LogP contribution >= 0.6 is 0 Å². The molecule has 0 aliphatic carbocycles. The van der Waals surface area contributed by atoms with Gasteiger partial charge in [-0.05, 0) is 12.1 Å². The van der Waals surface area contributed by atoms with Crippen LogP contribution in [0.15, 0.2) is 18.2 Å². The summed E-state index contributed by atoms with van der Waals surface area (Å²) in [6.07, 6.45) is 0. The molecule has 1 aromatic carbocycles.